The fourth-order valence-corrected chi connectivity index (χ4v) is 4.45. The van der Waals surface area contributed by atoms with E-state index in [2.05, 4.69) is 30.3 Å². The summed E-state index contributed by atoms with van der Waals surface area (Å²) in [5, 5.41) is 10.6. The minimum absolute atomic E-state index is 0.287. The van der Waals surface area contributed by atoms with Crippen LogP contribution in [0.2, 0.25) is 0 Å². The van der Waals surface area contributed by atoms with E-state index in [0.29, 0.717) is 29.8 Å². The molecule has 1 saturated carbocycles. The number of carbonyl (C=O) groups excluding carboxylic acids is 1. The van der Waals surface area contributed by atoms with Crippen molar-refractivity contribution in [2.24, 2.45) is 5.92 Å². The number of amides is 1. The number of nitrogens with zero attached hydrogens (tertiary/aromatic N) is 3. The number of carbonyl (C=O) groups is 1. The van der Waals surface area contributed by atoms with Crippen LogP contribution in [0, 0.1) is 12.8 Å². The molecule has 0 bridgehead atoms. The van der Waals surface area contributed by atoms with Crippen molar-refractivity contribution in [2.45, 2.75) is 65.0 Å². The van der Waals surface area contributed by atoms with Crippen LogP contribution in [0.25, 0.3) is 11.1 Å². The number of aromatic nitrogens is 3. The van der Waals surface area contributed by atoms with Gasteiger partial charge in [-0.05, 0) is 76.9 Å². The fraction of sp³-hybridized carbons (Fsp3) is 0.545. The van der Waals surface area contributed by atoms with Gasteiger partial charge in [0, 0.05) is 18.7 Å². The van der Waals surface area contributed by atoms with Crippen LogP contribution >= 0.6 is 11.5 Å². The number of rotatable bonds is 6. The Bertz CT molecular complexity index is 1070. The van der Waals surface area contributed by atoms with E-state index in [4.69, 9.17) is 9.15 Å². The Balaban J connectivity index is 1.34. The molecule has 1 aliphatic rings. The number of anilines is 3. The van der Waals surface area contributed by atoms with Gasteiger partial charge in [-0.3, -0.25) is 0 Å². The topological polar surface area (TPSA) is 114 Å². The van der Waals surface area contributed by atoms with Crippen molar-refractivity contribution in [3.8, 4) is 0 Å². The molecular weight excluding hydrogens is 428 g/mol. The monoisotopic (exact) mass is 458 g/mol. The summed E-state index contributed by atoms with van der Waals surface area (Å²) in [6, 6.07) is 4.09. The highest BCUT2D eigenvalue weighted by Crippen LogP contribution is 2.30. The first-order valence-corrected chi connectivity index (χ1v) is 11.7. The molecular formula is C22H30N6O3S. The number of nitrogens with one attached hydrogen (secondary N) is 3. The molecule has 4 rings (SSSR count). The zero-order valence-electron chi connectivity index (χ0n) is 18.9. The van der Waals surface area contributed by atoms with Crippen molar-refractivity contribution in [1.29, 1.82) is 0 Å². The summed E-state index contributed by atoms with van der Waals surface area (Å²) in [4.78, 5) is 21.1. The van der Waals surface area contributed by atoms with Crippen LogP contribution in [-0.4, -0.2) is 38.6 Å². The van der Waals surface area contributed by atoms with Gasteiger partial charge in [-0.25, -0.2) is 9.78 Å². The zero-order valence-corrected chi connectivity index (χ0v) is 19.7. The minimum Gasteiger partial charge on any atom is -0.459 e. The molecule has 9 nitrogen and oxygen atoms in total. The van der Waals surface area contributed by atoms with Crippen LogP contribution in [0.1, 0.15) is 52.1 Å². The van der Waals surface area contributed by atoms with Gasteiger partial charge in [0.2, 0.25) is 5.95 Å². The van der Waals surface area contributed by atoms with Crippen molar-refractivity contribution in [3.05, 3.63) is 24.1 Å². The minimum atomic E-state index is -0.479. The van der Waals surface area contributed by atoms with Gasteiger partial charge in [-0.15, -0.1) is 0 Å². The third kappa shape index (κ3) is 5.87. The van der Waals surface area contributed by atoms with Gasteiger partial charge < -0.3 is 25.1 Å². The van der Waals surface area contributed by atoms with Crippen molar-refractivity contribution in [2.75, 3.05) is 17.2 Å². The van der Waals surface area contributed by atoms with Gasteiger partial charge in [-0.2, -0.15) is 9.36 Å². The summed E-state index contributed by atoms with van der Waals surface area (Å²) >= 11 is 1.38. The first-order valence-electron chi connectivity index (χ1n) is 10.9. The van der Waals surface area contributed by atoms with Crippen LogP contribution in [0.5, 0.6) is 0 Å². The van der Waals surface area contributed by atoms with Crippen LogP contribution in [0.3, 0.4) is 0 Å². The van der Waals surface area contributed by atoms with Gasteiger partial charge in [-0.1, -0.05) is 0 Å². The van der Waals surface area contributed by atoms with Crippen molar-refractivity contribution < 1.29 is 13.9 Å². The summed E-state index contributed by atoms with van der Waals surface area (Å²) in [6.45, 7) is 8.19. The van der Waals surface area contributed by atoms with E-state index >= 15 is 0 Å². The smallest absolute Gasteiger partial charge is 0.407 e. The van der Waals surface area contributed by atoms with Gasteiger partial charge >= 0.3 is 6.09 Å². The van der Waals surface area contributed by atoms with Crippen LogP contribution in [-0.2, 0) is 4.74 Å². The lowest BCUT2D eigenvalue weighted by atomic mass is 9.86. The molecule has 0 radical (unpaired) electrons. The second-order valence-electron chi connectivity index (χ2n) is 9.23. The zero-order chi connectivity index (χ0) is 22.7. The molecule has 3 aromatic heterocycles. The predicted octanol–water partition coefficient (Wildman–Crippen LogP) is 5.23. The summed E-state index contributed by atoms with van der Waals surface area (Å²) in [7, 11) is 0. The number of alkyl carbamates (subject to hydrolysis) is 1. The van der Waals surface area contributed by atoms with Crippen LogP contribution < -0.4 is 16.0 Å². The molecule has 3 heterocycles. The Labute approximate surface area is 191 Å². The molecule has 0 aromatic carbocycles. The highest BCUT2D eigenvalue weighted by molar-refractivity contribution is 7.10. The normalized spacial score (nSPS) is 19.0. The number of fused-ring (bicyclic) bond motifs is 1. The van der Waals surface area contributed by atoms with Gasteiger partial charge in [0.25, 0.3) is 0 Å². The number of hydrogen-bond donors (Lipinski definition) is 3. The molecule has 0 unspecified atom stereocenters. The van der Waals surface area contributed by atoms with E-state index in [1.807, 2.05) is 39.8 Å². The lowest BCUT2D eigenvalue weighted by Crippen LogP contribution is -2.37. The fourth-order valence-electron chi connectivity index (χ4n) is 3.80. The largest absolute Gasteiger partial charge is 0.459 e. The lowest BCUT2D eigenvalue weighted by molar-refractivity contribution is 0.0515. The SMILES string of the molecule is Cc1cc(Nc2nc(NC3CCC(CNC(=O)OC(C)(C)C)CC3)c3occc3n2)sn1. The molecule has 0 aliphatic heterocycles. The van der Waals surface area contributed by atoms with Gasteiger partial charge in [0.15, 0.2) is 11.4 Å². The lowest BCUT2D eigenvalue weighted by Gasteiger charge is -2.30. The number of furan rings is 1. The van der Waals surface area contributed by atoms with Gasteiger partial charge in [0.05, 0.1) is 12.0 Å². The third-order valence-corrected chi connectivity index (χ3v) is 6.08. The average Bonchev–Trinajstić information content (AvgIpc) is 3.35. The molecule has 172 valence electrons. The summed E-state index contributed by atoms with van der Waals surface area (Å²) in [6.07, 6.45) is 5.29. The molecule has 0 atom stereocenters. The Morgan fingerprint density at radius 3 is 2.72 bits per heavy atom. The number of aryl methyl sites for hydroxylation is 1. The van der Waals surface area contributed by atoms with E-state index in [-0.39, 0.29) is 12.1 Å². The molecule has 32 heavy (non-hydrogen) atoms. The van der Waals surface area contributed by atoms with E-state index in [1.54, 1.807) is 6.26 Å². The predicted molar refractivity (Wildman–Crippen MR) is 126 cm³/mol. The maximum atomic E-state index is 11.9. The molecule has 1 amide bonds. The summed E-state index contributed by atoms with van der Waals surface area (Å²) in [5.41, 5.74) is 1.89. The van der Waals surface area contributed by atoms with Gasteiger partial charge in [0.1, 0.15) is 16.1 Å². The maximum Gasteiger partial charge on any atom is 0.407 e. The molecule has 3 aromatic rings. The van der Waals surface area contributed by atoms with Crippen molar-refractivity contribution >= 4 is 45.5 Å². The molecule has 3 N–H and O–H groups in total. The Hall–Kier alpha value is -2.88. The Kier molecular flexibility index (Phi) is 6.50. The molecule has 1 aliphatic carbocycles. The Morgan fingerprint density at radius 1 is 1.25 bits per heavy atom. The highest BCUT2D eigenvalue weighted by atomic mass is 32.1. The second kappa shape index (κ2) is 9.32. The van der Waals surface area contributed by atoms with Crippen LogP contribution in [0.4, 0.5) is 21.6 Å². The first kappa shape index (κ1) is 22.3. The van der Waals surface area contributed by atoms with Crippen molar-refractivity contribution in [1.82, 2.24) is 19.7 Å². The van der Waals surface area contributed by atoms with Crippen molar-refractivity contribution in [3.63, 3.8) is 0 Å². The quantitative estimate of drug-likeness (QED) is 0.460. The standard InChI is InChI=1S/C22H30N6O3S/c1-13-11-17(32-28-13)26-20-25-16-9-10-30-18(16)19(27-20)24-15-7-5-14(6-8-15)12-23-21(29)31-22(2,3)4/h9-11,14-15H,5-8,12H2,1-4H3,(H,23,29)(H2,24,25,26,27). The molecule has 10 heteroatoms. The number of hydrogen-bond acceptors (Lipinski definition) is 9. The Morgan fingerprint density at radius 2 is 2.03 bits per heavy atom. The van der Waals surface area contributed by atoms with Crippen LogP contribution in [0.15, 0.2) is 22.8 Å². The summed E-state index contributed by atoms with van der Waals surface area (Å²) < 4.78 is 15.2. The summed E-state index contributed by atoms with van der Waals surface area (Å²) in [5.74, 6) is 1.65. The van der Waals surface area contributed by atoms with E-state index < -0.39 is 5.60 Å². The first-order chi connectivity index (χ1) is 15.2. The maximum absolute atomic E-state index is 11.9. The molecule has 1 fully saturated rings. The molecule has 0 spiro atoms. The highest BCUT2D eigenvalue weighted by Gasteiger charge is 2.24. The van der Waals surface area contributed by atoms with E-state index in [9.17, 15) is 4.79 Å². The number of ether oxygens (including phenoxy) is 1. The average molecular weight is 459 g/mol. The van der Waals surface area contributed by atoms with E-state index in [1.165, 1.54) is 11.5 Å². The third-order valence-electron chi connectivity index (χ3n) is 5.29. The second-order valence-corrected chi connectivity index (χ2v) is 10.0. The van der Waals surface area contributed by atoms with E-state index in [0.717, 1.165) is 41.9 Å². The molecule has 0 saturated heterocycles.